The Morgan fingerprint density at radius 2 is 1.91 bits per heavy atom. The molecule has 2 aromatic heterocycles. The maximum atomic E-state index is 13.1. The lowest BCUT2D eigenvalue weighted by atomic mass is 9.95. The van der Waals surface area contributed by atoms with E-state index in [4.69, 9.17) is 16.3 Å². The number of carbonyl (C=O) groups is 2. The second kappa shape index (κ2) is 9.20. The van der Waals surface area contributed by atoms with E-state index in [-0.39, 0.29) is 17.9 Å². The van der Waals surface area contributed by atoms with Crippen molar-refractivity contribution in [2.24, 2.45) is 0 Å². The van der Waals surface area contributed by atoms with Gasteiger partial charge in [-0.25, -0.2) is 0 Å². The van der Waals surface area contributed by atoms with Gasteiger partial charge >= 0.3 is 0 Å². The number of carbonyl (C=O) groups excluding carboxylic acids is 2. The van der Waals surface area contributed by atoms with Gasteiger partial charge in [-0.1, -0.05) is 17.7 Å². The third-order valence-corrected chi connectivity index (χ3v) is 5.45. The zero-order valence-corrected chi connectivity index (χ0v) is 18.0. The van der Waals surface area contributed by atoms with E-state index in [0.717, 1.165) is 5.56 Å². The molecule has 1 unspecified atom stereocenters. The Labute approximate surface area is 190 Å². The third-order valence-electron chi connectivity index (χ3n) is 5.14. The summed E-state index contributed by atoms with van der Waals surface area (Å²) < 4.78 is 5.51. The molecular formula is C24H20ClN3O4. The minimum atomic E-state index is -0.788. The van der Waals surface area contributed by atoms with Crippen LogP contribution < -0.4 is 4.74 Å². The fraction of sp³-hybridized carbons (Fsp3) is 0.167. The molecule has 3 heterocycles. The number of ketones is 1. The van der Waals surface area contributed by atoms with Gasteiger partial charge in [0.05, 0.1) is 23.2 Å². The van der Waals surface area contributed by atoms with Crippen molar-refractivity contribution in [1.29, 1.82) is 0 Å². The van der Waals surface area contributed by atoms with Crippen LogP contribution in [0.3, 0.4) is 0 Å². The molecule has 3 aromatic rings. The van der Waals surface area contributed by atoms with E-state index < -0.39 is 17.7 Å². The predicted octanol–water partition coefficient (Wildman–Crippen LogP) is 4.15. The van der Waals surface area contributed by atoms with Crippen LogP contribution in [0.25, 0.3) is 5.76 Å². The molecule has 32 heavy (non-hydrogen) atoms. The highest BCUT2D eigenvalue weighted by Crippen LogP contribution is 2.40. The number of Topliss-reactive ketones (excluding diaryl/α,β-unsaturated/α-hetero) is 1. The first-order valence-corrected chi connectivity index (χ1v) is 10.4. The highest BCUT2D eigenvalue weighted by atomic mass is 35.5. The molecule has 1 saturated heterocycles. The van der Waals surface area contributed by atoms with Crippen molar-refractivity contribution in [2.75, 3.05) is 6.61 Å². The third kappa shape index (κ3) is 4.07. The first kappa shape index (κ1) is 21.5. The van der Waals surface area contributed by atoms with E-state index >= 15 is 0 Å². The monoisotopic (exact) mass is 449 g/mol. The molecule has 0 radical (unpaired) electrons. The van der Waals surface area contributed by atoms with E-state index in [1.807, 2.05) is 13.0 Å². The molecule has 0 saturated carbocycles. The van der Waals surface area contributed by atoms with Crippen molar-refractivity contribution in [1.82, 2.24) is 14.9 Å². The minimum Gasteiger partial charge on any atom is -0.507 e. The highest BCUT2D eigenvalue weighted by Gasteiger charge is 2.46. The fourth-order valence-corrected chi connectivity index (χ4v) is 3.87. The van der Waals surface area contributed by atoms with Crippen LogP contribution in [-0.2, 0) is 16.1 Å². The topological polar surface area (TPSA) is 92.6 Å². The molecule has 1 aromatic carbocycles. The number of rotatable bonds is 6. The average Bonchev–Trinajstić information content (AvgIpc) is 3.06. The molecule has 0 aliphatic carbocycles. The van der Waals surface area contributed by atoms with Gasteiger partial charge in [-0.15, -0.1) is 0 Å². The minimum absolute atomic E-state index is 0.00476. The fourth-order valence-electron chi connectivity index (χ4n) is 3.70. The molecule has 1 N–H and O–H groups in total. The standard InChI is InChI=1S/C24H20ClN3O4/c1-2-32-19-12-17(5-6-18(19)25)22(29)20-21(16-7-10-26-11-8-16)28(24(31)23(20)30)14-15-4-3-9-27-13-15/h3-13,21,29H,2,14H2,1H3/b22-20-. The average molecular weight is 450 g/mol. The number of hydrogen-bond acceptors (Lipinski definition) is 6. The van der Waals surface area contributed by atoms with E-state index in [2.05, 4.69) is 9.97 Å². The summed E-state index contributed by atoms with van der Waals surface area (Å²) in [6.45, 7) is 2.36. The van der Waals surface area contributed by atoms with Gasteiger partial charge < -0.3 is 14.7 Å². The summed E-state index contributed by atoms with van der Waals surface area (Å²) in [5, 5.41) is 11.5. The summed E-state index contributed by atoms with van der Waals surface area (Å²) in [5.41, 5.74) is 1.74. The van der Waals surface area contributed by atoms with Gasteiger partial charge in [0.1, 0.15) is 11.5 Å². The van der Waals surface area contributed by atoms with Gasteiger partial charge in [0.25, 0.3) is 11.7 Å². The van der Waals surface area contributed by atoms with Crippen molar-refractivity contribution < 1.29 is 19.4 Å². The number of nitrogens with zero attached hydrogens (tertiary/aromatic N) is 3. The van der Waals surface area contributed by atoms with Crippen LogP contribution in [0.5, 0.6) is 5.75 Å². The van der Waals surface area contributed by atoms with Gasteiger partial charge in [-0.05, 0) is 54.4 Å². The molecule has 162 valence electrons. The molecule has 8 heteroatoms. The summed E-state index contributed by atoms with van der Waals surface area (Å²) >= 11 is 6.16. The largest absolute Gasteiger partial charge is 0.507 e. The summed E-state index contributed by atoms with van der Waals surface area (Å²) in [6, 6.07) is 10.9. The molecule has 1 amide bonds. The smallest absolute Gasteiger partial charge is 0.295 e. The van der Waals surface area contributed by atoms with Crippen molar-refractivity contribution >= 4 is 29.1 Å². The van der Waals surface area contributed by atoms with Crippen LogP contribution in [0.1, 0.15) is 29.7 Å². The lowest BCUT2D eigenvalue weighted by molar-refractivity contribution is -0.140. The van der Waals surface area contributed by atoms with Crippen molar-refractivity contribution in [3.05, 3.63) is 94.5 Å². The lowest BCUT2D eigenvalue weighted by Gasteiger charge is -2.25. The zero-order valence-electron chi connectivity index (χ0n) is 17.2. The molecule has 1 fully saturated rings. The quantitative estimate of drug-likeness (QED) is 0.345. The molecule has 1 atom stereocenters. The Bertz CT molecular complexity index is 1180. The van der Waals surface area contributed by atoms with Crippen LogP contribution >= 0.6 is 11.6 Å². The predicted molar refractivity (Wildman–Crippen MR) is 119 cm³/mol. The number of amides is 1. The van der Waals surface area contributed by atoms with E-state index in [1.165, 1.54) is 4.90 Å². The van der Waals surface area contributed by atoms with Crippen LogP contribution in [0.15, 0.2) is 72.8 Å². The number of aromatic nitrogens is 2. The Morgan fingerprint density at radius 1 is 1.12 bits per heavy atom. The molecule has 0 spiro atoms. The van der Waals surface area contributed by atoms with Gasteiger partial charge in [0, 0.05) is 36.9 Å². The number of pyridine rings is 2. The number of hydrogen-bond donors (Lipinski definition) is 1. The van der Waals surface area contributed by atoms with Crippen molar-refractivity contribution in [3.8, 4) is 5.75 Å². The number of benzene rings is 1. The summed E-state index contributed by atoms with van der Waals surface area (Å²) in [6.07, 6.45) is 6.43. The van der Waals surface area contributed by atoms with Gasteiger partial charge in [-0.2, -0.15) is 0 Å². The first-order valence-electron chi connectivity index (χ1n) is 10.0. The molecule has 7 nitrogen and oxygen atoms in total. The Kier molecular flexibility index (Phi) is 6.18. The highest BCUT2D eigenvalue weighted by molar-refractivity contribution is 6.46. The SMILES string of the molecule is CCOc1cc(/C(O)=C2/C(=O)C(=O)N(Cc3cccnc3)C2c2ccncc2)ccc1Cl. The Balaban J connectivity index is 1.85. The van der Waals surface area contributed by atoms with Gasteiger partial charge in [0.2, 0.25) is 0 Å². The number of ether oxygens (including phenoxy) is 1. The molecular weight excluding hydrogens is 430 g/mol. The van der Waals surface area contributed by atoms with Crippen LogP contribution in [-0.4, -0.2) is 38.3 Å². The molecule has 1 aliphatic rings. The van der Waals surface area contributed by atoms with Crippen molar-refractivity contribution in [2.45, 2.75) is 19.5 Å². The maximum Gasteiger partial charge on any atom is 0.295 e. The van der Waals surface area contributed by atoms with Crippen molar-refractivity contribution in [3.63, 3.8) is 0 Å². The Hall–Kier alpha value is -3.71. The van der Waals surface area contributed by atoms with Gasteiger partial charge in [-0.3, -0.25) is 19.6 Å². The second-order valence-electron chi connectivity index (χ2n) is 7.15. The molecule has 0 bridgehead atoms. The van der Waals surface area contributed by atoms with E-state index in [1.54, 1.807) is 61.2 Å². The number of halogens is 1. The van der Waals surface area contributed by atoms with Crippen LogP contribution in [0.4, 0.5) is 0 Å². The maximum absolute atomic E-state index is 13.1. The molecule has 4 rings (SSSR count). The first-order chi connectivity index (χ1) is 15.5. The van der Waals surface area contributed by atoms with Gasteiger partial charge in [0.15, 0.2) is 0 Å². The zero-order chi connectivity index (χ0) is 22.7. The summed E-state index contributed by atoms with van der Waals surface area (Å²) in [5.74, 6) is -1.38. The number of aliphatic hydroxyl groups excluding tert-OH is 1. The van der Waals surface area contributed by atoms with Crippen LogP contribution in [0, 0.1) is 0 Å². The lowest BCUT2D eigenvalue weighted by Crippen LogP contribution is -2.29. The summed E-state index contributed by atoms with van der Waals surface area (Å²) in [7, 11) is 0. The number of aliphatic hydroxyl groups is 1. The van der Waals surface area contributed by atoms with E-state index in [0.29, 0.717) is 28.5 Å². The normalized spacial score (nSPS) is 17.6. The van der Waals surface area contributed by atoms with Crippen LogP contribution in [0.2, 0.25) is 5.02 Å². The van der Waals surface area contributed by atoms with E-state index in [9.17, 15) is 14.7 Å². The Morgan fingerprint density at radius 3 is 2.59 bits per heavy atom. The number of likely N-dealkylation sites (tertiary alicyclic amines) is 1. The summed E-state index contributed by atoms with van der Waals surface area (Å²) in [4.78, 5) is 35.6. The molecule has 1 aliphatic heterocycles. The second-order valence-corrected chi connectivity index (χ2v) is 7.55.